The standard InChI is InChI=1S/C12H12FN3O2/c1-7-9(6-15-16-7)5-14-11-4-8(12(17)18)2-3-10(11)13/h2-4,6,14H,5H2,1H3,(H,15,16)(H,17,18). The molecule has 0 atom stereocenters. The summed E-state index contributed by atoms with van der Waals surface area (Å²) in [5.74, 6) is -1.57. The van der Waals surface area contributed by atoms with E-state index in [-0.39, 0.29) is 11.3 Å². The maximum Gasteiger partial charge on any atom is 0.335 e. The van der Waals surface area contributed by atoms with Gasteiger partial charge >= 0.3 is 5.97 Å². The normalized spacial score (nSPS) is 10.3. The Kier molecular flexibility index (Phi) is 3.27. The Morgan fingerprint density at radius 2 is 2.33 bits per heavy atom. The number of H-pyrrole nitrogens is 1. The first kappa shape index (κ1) is 12.1. The van der Waals surface area contributed by atoms with Gasteiger partial charge in [0, 0.05) is 17.8 Å². The molecule has 2 rings (SSSR count). The number of carboxylic acids is 1. The summed E-state index contributed by atoms with van der Waals surface area (Å²) in [5.41, 5.74) is 1.99. The highest BCUT2D eigenvalue weighted by Crippen LogP contribution is 2.17. The summed E-state index contributed by atoms with van der Waals surface area (Å²) in [6.07, 6.45) is 1.64. The minimum Gasteiger partial charge on any atom is -0.478 e. The monoisotopic (exact) mass is 249 g/mol. The Morgan fingerprint density at radius 1 is 1.56 bits per heavy atom. The summed E-state index contributed by atoms with van der Waals surface area (Å²) < 4.78 is 13.5. The van der Waals surface area contributed by atoms with Gasteiger partial charge in [-0.15, -0.1) is 0 Å². The number of carbonyl (C=O) groups is 1. The van der Waals surface area contributed by atoms with Gasteiger partial charge in [0.05, 0.1) is 17.4 Å². The summed E-state index contributed by atoms with van der Waals surface area (Å²) in [7, 11) is 0. The molecule has 0 bridgehead atoms. The van der Waals surface area contributed by atoms with Crippen molar-refractivity contribution in [3.63, 3.8) is 0 Å². The van der Waals surface area contributed by atoms with Crippen LogP contribution >= 0.6 is 0 Å². The number of aromatic carboxylic acids is 1. The molecule has 6 heteroatoms. The Balaban J connectivity index is 2.16. The SMILES string of the molecule is Cc1[nH]ncc1CNc1cc(C(=O)O)ccc1F. The average Bonchev–Trinajstić information content (AvgIpc) is 2.73. The molecule has 0 unspecified atom stereocenters. The lowest BCUT2D eigenvalue weighted by Gasteiger charge is -2.07. The predicted octanol–water partition coefficient (Wildman–Crippen LogP) is 2.17. The van der Waals surface area contributed by atoms with E-state index in [1.807, 2.05) is 6.92 Å². The third kappa shape index (κ3) is 2.48. The second-order valence-electron chi connectivity index (χ2n) is 3.87. The van der Waals surface area contributed by atoms with Crippen molar-refractivity contribution in [2.75, 3.05) is 5.32 Å². The zero-order valence-corrected chi connectivity index (χ0v) is 9.70. The van der Waals surface area contributed by atoms with Gasteiger partial charge in [0.1, 0.15) is 5.82 Å². The van der Waals surface area contributed by atoms with Crippen LogP contribution in [0.25, 0.3) is 0 Å². The van der Waals surface area contributed by atoms with Crippen LogP contribution in [0.4, 0.5) is 10.1 Å². The smallest absolute Gasteiger partial charge is 0.335 e. The van der Waals surface area contributed by atoms with Crippen LogP contribution in [0.2, 0.25) is 0 Å². The van der Waals surface area contributed by atoms with E-state index in [9.17, 15) is 9.18 Å². The Morgan fingerprint density at radius 3 is 2.94 bits per heavy atom. The van der Waals surface area contributed by atoms with Gasteiger partial charge < -0.3 is 10.4 Å². The van der Waals surface area contributed by atoms with Crippen LogP contribution in [-0.2, 0) is 6.54 Å². The van der Waals surface area contributed by atoms with Crippen LogP contribution < -0.4 is 5.32 Å². The third-order valence-electron chi connectivity index (χ3n) is 2.62. The second kappa shape index (κ2) is 4.87. The summed E-state index contributed by atoms with van der Waals surface area (Å²) in [6.45, 7) is 2.23. The number of aryl methyl sites for hydroxylation is 1. The van der Waals surface area contributed by atoms with E-state index >= 15 is 0 Å². The molecular formula is C12H12FN3O2. The van der Waals surface area contributed by atoms with Crippen molar-refractivity contribution in [3.05, 3.63) is 47.0 Å². The quantitative estimate of drug-likeness (QED) is 0.776. The number of halogens is 1. The highest BCUT2D eigenvalue weighted by Gasteiger charge is 2.08. The van der Waals surface area contributed by atoms with Crippen LogP contribution in [0.1, 0.15) is 21.6 Å². The van der Waals surface area contributed by atoms with E-state index in [2.05, 4.69) is 15.5 Å². The van der Waals surface area contributed by atoms with E-state index in [1.54, 1.807) is 6.20 Å². The number of carboxylic acid groups (broad SMARTS) is 1. The van der Waals surface area contributed by atoms with Gasteiger partial charge in [-0.05, 0) is 25.1 Å². The number of rotatable bonds is 4. The Labute approximate surface area is 103 Å². The summed E-state index contributed by atoms with van der Waals surface area (Å²) in [5, 5.41) is 18.3. The minimum absolute atomic E-state index is 0.0443. The fraction of sp³-hybridized carbons (Fsp3) is 0.167. The molecule has 0 amide bonds. The van der Waals surface area contributed by atoms with Crippen molar-refractivity contribution in [1.82, 2.24) is 10.2 Å². The van der Waals surface area contributed by atoms with Crippen molar-refractivity contribution >= 4 is 11.7 Å². The molecule has 1 aromatic carbocycles. The first-order chi connectivity index (χ1) is 8.58. The number of hydrogen-bond donors (Lipinski definition) is 3. The lowest BCUT2D eigenvalue weighted by molar-refractivity contribution is 0.0697. The zero-order valence-electron chi connectivity index (χ0n) is 9.70. The molecular weight excluding hydrogens is 237 g/mol. The minimum atomic E-state index is -1.09. The van der Waals surface area contributed by atoms with Gasteiger partial charge in [0.25, 0.3) is 0 Å². The second-order valence-corrected chi connectivity index (χ2v) is 3.87. The molecule has 0 aliphatic rings. The molecule has 0 aliphatic carbocycles. The maximum absolute atomic E-state index is 13.5. The molecule has 2 aromatic rings. The first-order valence-electron chi connectivity index (χ1n) is 5.33. The van der Waals surface area contributed by atoms with Crippen LogP contribution in [0.5, 0.6) is 0 Å². The molecule has 0 radical (unpaired) electrons. The molecule has 1 aromatic heterocycles. The Bertz CT molecular complexity index is 580. The number of hydrogen-bond acceptors (Lipinski definition) is 3. The van der Waals surface area contributed by atoms with Gasteiger partial charge in [0.2, 0.25) is 0 Å². The third-order valence-corrected chi connectivity index (χ3v) is 2.62. The number of benzene rings is 1. The van der Waals surface area contributed by atoms with E-state index < -0.39 is 11.8 Å². The molecule has 0 saturated heterocycles. The van der Waals surface area contributed by atoms with Gasteiger partial charge in [-0.2, -0.15) is 5.10 Å². The molecule has 3 N–H and O–H groups in total. The highest BCUT2D eigenvalue weighted by atomic mass is 19.1. The van der Waals surface area contributed by atoms with Gasteiger partial charge in [-0.3, -0.25) is 5.10 Å². The number of nitrogens with zero attached hydrogens (tertiary/aromatic N) is 1. The number of aromatic amines is 1. The highest BCUT2D eigenvalue weighted by molar-refractivity contribution is 5.88. The molecule has 0 spiro atoms. The van der Waals surface area contributed by atoms with E-state index in [0.29, 0.717) is 6.54 Å². The van der Waals surface area contributed by atoms with Gasteiger partial charge in [0.15, 0.2) is 0 Å². The average molecular weight is 249 g/mol. The van der Waals surface area contributed by atoms with Crippen molar-refractivity contribution in [1.29, 1.82) is 0 Å². The summed E-state index contributed by atoms with van der Waals surface area (Å²) >= 11 is 0. The van der Waals surface area contributed by atoms with E-state index in [1.165, 1.54) is 12.1 Å². The van der Waals surface area contributed by atoms with Crippen molar-refractivity contribution in [2.24, 2.45) is 0 Å². The van der Waals surface area contributed by atoms with Crippen molar-refractivity contribution in [2.45, 2.75) is 13.5 Å². The molecule has 18 heavy (non-hydrogen) atoms. The van der Waals surface area contributed by atoms with Crippen LogP contribution in [0, 0.1) is 12.7 Å². The zero-order chi connectivity index (χ0) is 13.1. The van der Waals surface area contributed by atoms with E-state index in [0.717, 1.165) is 17.3 Å². The first-order valence-corrected chi connectivity index (χ1v) is 5.33. The fourth-order valence-electron chi connectivity index (χ4n) is 1.54. The number of aromatic nitrogens is 2. The molecule has 94 valence electrons. The Hall–Kier alpha value is -2.37. The summed E-state index contributed by atoms with van der Waals surface area (Å²) in [4.78, 5) is 10.8. The van der Waals surface area contributed by atoms with Crippen LogP contribution in [0.3, 0.4) is 0 Å². The predicted molar refractivity (Wildman–Crippen MR) is 64.0 cm³/mol. The lowest BCUT2D eigenvalue weighted by Crippen LogP contribution is -2.04. The van der Waals surface area contributed by atoms with E-state index in [4.69, 9.17) is 5.11 Å². The van der Waals surface area contributed by atoms with Crippen molar-refractivity contribution in [3.8, 4) is 0 Å². The lowest BCUT2D eigenvalue weighted by atomic mass is 10.2. The summed E-state index contributed by atoms with van der Waals surface area (Å²) in [6, 6.07) is 3.63. The topological polar surface area (TPSA) is 78.0 Å². The molecule has 1 heterocycles. The fourth-order valence-corrected chi connectivity index (χ4v) is 1.54. The maximum atomic E-state index is 13.5. The molecule has 5 nitrogen and oxygen atoms in total. The van der Waals surface area contributed by atoms with Crippen LogP contribution in [0.15, 0.2) is 24.4 Å². The number of nitrogens with one attached hydrogen (secondary N) is 2. The van der Waals surface area contributed by atoms with Gasteiger partial charge in [-0.25, -0.2) is 9.18 Å². The van der Waals surface area contributed by atoms with Gasteiger partial charge in [-0.1, -0.05) is 0 Å². The van der Waals surface area contributed by atoms with Crippen LogP contribution in [-0.4, -0.2) is 21.3 Å². The largest absolute Gasteiger partial charge is 0.478 e. The molecule has 0 fully saturated rings. The molecule has 0 aliphatic heterocycles. The molecule has 0 saturated carbocycles. The number of anilines is 1. The van der Waals surface area contributed by atoms with Crippen molar-refractivity contribution < 1.29 is 14.3 Å².